The fourth-order valence-corrected chi connectivity index (χ4v) is 8.47. The molecule has 0 aliphatic heterocycles. The second kappa shape index (κ2) is 12.6. The van der Waals surface area contributed by atoms with Crippen LogP contribution in [0.5, 0.6) is 0 Å². The number of aromatic nitrogens is 1. The van der Waals surface area contributed by atoms with Crippen molar-refractivity contribution in [3.8, 4) is 27.9 Å². The van der Waals surface area contributed by atoms with Crippen molar-refractivity contribution in [2.45, 2.75) is 0 Å². The second-order valence-corrected chi connectivity index (χ2v) is 14.1. The van der Waals surface area contributed by atoms with Crippen LogP contribution >= 0.6 is 0 Å². The number of rotatable bonds is 6. The van der Waals surface area contributed by atoms with E-state index in [2.05, 4.69) is 216 Å². The Bertz CT molecular complexity index is 3150. The molecule has 11 rings (SSSR count). The van der Waals surface area contributed by atoms with E-state index in [9.17, 15) is 0 Å². The Morgan fingerprint density at radius 3 is 1.73 bits per heavy atom. The maximum absolute atomic E-state index is 6.74. The lowest BCUT2D eigenvalue weighted by Crippen LogP contribution is -2.13. The van der Waals surface area contributed by atoms with Gasteiger partial charge in [-0.15, -0.1) is 0 Å². The topological polar surface area (TPSA) is 21.3 Å². The molecule has 0 radical (unpaired) electrons. The summed E-state index contributed by atoms with van der Waals surface area (Å²) in [4.78, 5) is 2.41. The lowest BCUT2D eigenvalue weighted by Gasteiger charge is -2.29. The lowest BCUT2D eigenvalue weighted by atomic mass is 9.98. The van der Waals surface area contributed by atoms with E-state index in [-0.39, 0.29) is 0 Å². The fraction of sp³-hybridized carbons (Fsp3) is 0. The Kier molecular flexibility index (Phi) is 7.17. The van der Waals surface area contributed by atoms with Crippen molar-refractivity contribution in [1.82, 2.24) is 4.57 Å². The zero-order chi connectivity index (χ0) is 36.3. The summed E-state index contributed by atoms with van der Waals surface area (Å²) in [6.45, 7) is 0. The van der Waals surface area contributed by atoms with Crippen molar-refractivity contribution < 1.29 is 4.42 Å². The summed E-state index contributed by atoms with van der Waals surface area (Å²) >= 11 is 0. The van der Waals surface area contributed by atoms with E-state index in [1.807, 2.05) is 0 Å². The molecule has 0 unspecified atom stereocenters. The number of para-hydroxylation sites is 4. The molecule has 11 aromatic rings. The molecule has 0 atom stereocenters. The monoisotopic (exact) mass is 702 g/mol. The van der Waals surface area contributed by atoms with Crippen LogP contribution in [0.25, 0.3) is 82.5 Å². The van der Waals surface area contributed by atoms with Gasteiger partial charge in [-0.25, -0.2) is 0 Å². The van der Waals surface area contributed by atoms with Crippen LogP contribution in [0.1, 0.15) is 0 Å². The normalized spacial score (nSPS) is 11.6. The van der Waals surface area contributed by atoms with Gasteiger partial charge in [-0.2, -0.15) is 0 Å². The van der Waals surface area contributed by atoms with Gasteiger partial charge in [0, 0.05) is 27.2 Å². The molecule has 0 amide bonds. The number of hydrogen-bond acceptors (Lipinski definition) is 2. The molecular weight excluding hydrogens is 669 g/mol. The Hall–Kier alpha value is -7.36. The highest BCUT2D eigenvalue weighted by molar-refractivity contribution is 6.20. The molecule has 0 saturated heterocycles. The molecule has 9 aromatic carbocycles. The van der Waals surface area contributed by atoms with Crippen molar-refractivity contribution in [1.29, 1.82) is 0 Å². The van der Waals surface area contributed by atoms with Gasteiger partial charge in [0.25, 0.3) is 0 Å². The molecule has 2 aromatic heterocycles. The van der Waals surface area contributed by atoms with Crippen molar-refractivity contribution in [2.24, 2.45) is 0 Å². The van der Waals surface area contributed by atoms with Crippen LogP contribution in [0.3, 0.4) is 0 Å². The molecule has 0 aliphatic carbocycles. The number of hydrogen-bond donors (Lipinski definition) is 0. The molecule has 0 N–H and O–H groups in total. The first kappa shape index (κ1) is 31.2. The Labute approximate surface area is 318 Å². The van der Waals surface area contributed by atoms with Crippen LogP contribution in [0.2, 0.25) is 0 Å². The third-order valence-electron chi connectivity index (χ3n) is 11.0. The number of anilines is 3. The van der Waals surface area contributed by atoms with Crippen LogP contribution in [0.4, 0.5) is 17.1 Å². The zero-order valence-corrected chi connectivity index (χ0v) is 29.9. The number of furan rings is 1. The summed E-state index contributed by atoms with van der Waals surface area (Å²) in [5.74, 6) is 0. The molecule has 258 valence electrons. The van der Waals surface area contributed by atoms with E-state index in [1.165, 1.54) is 38.5 Å². The summed E-state index contributed by atoms with van der Waals surface area (Å²) in [5.41, 5.74) is 13.1. The minimum Gasteiger partial charge on any atom is -0.455 e. The van der Waals surface area contributed by atoms with Crippen molar-refractivity contribution >= 4 is 71.6 Å². The molecule has 0 saturated carbocycles. The Morgan fingerprint density at radius 2 is 0.964 bits per heavy atom. The lowest BCUT2D eigenvalue weighted by molar-refractivity contribution is 0.672. The van der Waals surface area contributed by atoms with Crippen LogP contribution in [0, 0.1) is 0 Å². The van der Waals surface area contributed by atoms with Gasteiger partial charge in [-0.3, -0.25) is 0 Å². The summed E-state index contributed by atoms with van der Waals surface area (Å²) in [5, 5.41) is 6.92. The van der Waals surface area contributed by atoms with Gasteiger partial charge < -0.3 is 13.9 Å². The first-order chi connectivity index (χ1) is 27.3. The summed E-state index contributed by atoms with van der Waals surface area (Å²) in [7, 11) is 0. The van der Waals surface area contributed by atoms with E-state index in [4.69, 9.17) is 4.42 Å². The van der Waals surface area contributed by atoms with E-state index in [0.29, 0.717) is 0 Å². The largest absolute Gasteiger partial charge is 0.455 e. The van der Waals surface area contributed by atoms with Gasteiger partial charge >= 0.3 is 0 Å². The highest BCUT2D eigenvalue weighted by Crippen LogP contribution is 2.47. The highest BCUT2D eigenvalue weighted by Gasteiger charge is 2.24. The summed E-state index contributed by atoms with van der Waals surface area (Å²) < 4.78 is 9.15. The average molecular weight is 703 g/mol. The molecule has 3 heteroatoms. The number of nitrogens with zero attached hydrogens (tertiary/aromatic N) is 2. The molecule has 3 nitrogen and oxygen atoms in total. The molecule has 2 heterocycles. The van der Waals surface area contributed by atoms with Gasteiger partial charge in [0.2, 0.25) is 0 Å². The molecular formula is C52H34N2O. The minimum atomic E-state index is 0.859. The maximum Gasteiger partial charge on any atom is 0.143 e. The van der Waals surface area contributed by atoms with Gasteiger partial charge in [-0.05, 0) is 88.3 Å². The highest BCUT2D eigenvalue weighted by atomic mass is 16.3. The second-order valence-electron chi connectivity index (χ2n) is 14.1. The standard InChI is InChI=1S/C52H34N2O/c1-2-14-35(15-3-1)38-17-12-18-39(34-38)36-28-31-40(32-29-36)53(49-26-13-27-50-51(49)44-33-30-37-16-4-5-19-41(37)52(44)55-50)47-24-10-11-25-48(47)54-45-22-8-6-20-42(45)43-21-7-9-23-46(43)54/h1-34H. The van der Waals surface area contributed by atoms with Crippen LogP contribution in [0.15, 0.2) is 211 Å². The first-order valence-corrected chi connectivity index (χ1v) is 18.8. The molecule has 0 fully saturated rings. The minimum absolute atomic E-state index is 0.859. The Balaban J connectivity index is 1.15. The third kappa shape index (κ3) is 5.05. The quantitative estimate of drug-likeness (QED) is 0.172. The van der Waals surface area contributed by atoms with Crippen molar-refractivity contribution in [3.05, 3.63) is 206 Å². The molecule has 55 heavy (non-hydrogen) atoms. The Morgan fingerprint density at radius 1 is 0.382 bits per heavy atom. The number of fused-ring (bicyclic) bond motifs is 8. The fourth-order valence-electron chi connectivity index (χ4n) is 8.47. The van der Waals surface area contributed by atoms with Crippen LogP contribution < -0.4 is 4.90 Å². The van der Waals surface area contributed by atoms with E-state index in [0.717, 1.165) is 61.0 Å². The van der Waals surface area contributed by atoms with Crippen LogP contribution in [-0.4, -0.2) is 4.57 Å². The SMILES string of the molecule is c1ccc(-c2cccc(-c3ccc(N(c4ccccc4-n4c5ccccc5c5ccccc54)c4cccc5oc6c7ccccc7ccc6c45)cc3)c2)cc1. The van der Waals surface area contributed by atoms with Crippen molar-refractivity contribution in [3.63, 3.8) is 0 Å². The van der Waals surface area contributed by atoms with Gasteiger partial charge in [0.05, 0.1) is 33.5 Å². The predicted octanol–water partition coefficient (Wildman–Crippen LogP) is 14.6. The smallest absolute Gasteiger partial charge is 0.143 e. The predicted molar refractivity (Wildman–Crippen MR) is 231 cm³/mol. The molecule has 0 spiro atoms. The van der Waals surface area contributed by atoms with E-state index < -0.39 is 0 Å². The van der Waals surface area contributed by atoms with E-state index in [1.54, 1.807) is 0 Å². The zero-order valence-electron chi connectivity index (χ0n) is 29.9. The van der Waals surface area contributed by atoms with Gasteiger partial charge in [0.1, 0.15) is 11.2 Å². The van der Waals surface area contributed by atoms with Gasteiger partial charge in [-0.1, -0.05) is 146 Å². The maximum atomic E-state index is 6.74. The van der Waals surface area contributed by atoms with Crippen molar-refractivity contribution in [2.75, 3.05) is 4.90 Å². The number of benzene rings is 9. The average Bonchev–Trinajstić information content (AvgIpc) is 3.81. The van der Waals surface area contributed by atoms with E-state index >= 15 is 0 Å². The molecule has 0 bridgehead atoms. The third-order valence-corrected chi connectivity index (χ3v) is 11.0. The van der Waals surface area contributed by atoms with Crippen LogP contribution in [-0.2, 0) is 0 Å². The summed E-state index contributed by atoms with van der Waals surface area (Å²) in [6, 6.07) is 73.9. The molecule has 0 aliphatic rings. The first-order valence-electron chi connectivity index (χ1n) is 18.8. The van der Waals surface area contributed by atoms with Gasteiger partial charge in [0.15, 0.2) is 0 Å². The summed E-state index contributed by atoms with van der Waals surface area (Å²) in [6.07, 6.45) is 0.